The smallest absolute Gasteiger partial charge is 0.254 e. The molecule has 3 aromatic rings. The highest BCUT2D eigenvalue weighted by atomic mass is 32.1. The van der Waals surface area contributed by atoms with E-state index in [9.17, 15) is 19.1 Å². The molecule has 1 saturated heterocycles. The number of hydrogen-bond donors (Lipinski definition) is 1. The topological polar surface area (TPSA) is 73.7 Å². The lowest BCUT2D eigenvalue weighted by molar-refractivity contribution is -0.143. The van der Waals surface area contributed by atoms with Gasteiger partial charge in [-0.3, -0.25) is 9.59 Å². The Morgan fingerprint density at radius 2 is 1.73 bits per heavy atom. The zero-order valence-corrected chi connectivity index (χ0v) is 17.0. The van der Waals surface area contributed by atoms with Gasteiger partial charge in [-0.05, 0) is 43.2 Å². The number of thiazole rings is 1. The summed E-state index contributed by atoms with van der Waals surface area (Å²) in [7, 11) is 0. The summed E-state index contributed by atoms with van der Waals surface area (Å²) in [6.07, 6.45) is 1.05. The van der Waals surface area contributed by atoms with Crippen LogP contribution in [0.15, 0.2) is 42.5 Å². The maximum Gasteiger partial charge on any atom is 0.254 e. The Bertz CT molecular complexity index is 1150. The molecule has 2 fully saturated rings. The van der Waals surface area contributed by atoms with Gasteiger partial charge in [-0.25, -0.2) is 9.37 Å². The van der Waals surface area contributed by atoms with Crippen molar-refractivity contribution in [2.75, 3.05) is 26.2 Å². The van der Waals surface area contributed by atoms with Crippen LogP contribution in [0.3, 0.4) is 0 Å². The van der Waals surface area contributed by atoms with E-state index in [4.69, 9.17) is 0 Å². The number of benzene rings is 2. The third-order valence-corrected chi connectivity index (χ3v) is 6.77. The molecule has 1 N–H and O–H groups in total. The first-order valence-electron chi connectivity index (χ1n) is 9.91. The van der Waals surface area contributed by atoms with Gasteiger partial charge in [-0.1, -0.05) is 12.1 Å². The summed E-state index contributed by atoms with van der Waals surface area (Å²) in [5.74, 6) is -0.646. The average Bonchev–Trinajstić information content (AvgIpc) is 3.38. The lowest BCUT2D eigenvalue weighted by atomic mass is 10.1. The quantitative estimate of drug-likeness (QED) is 0.700. The second kappa shape index (κ2) is 7.14. The van der Waals surface area contributed by atoms with Crippen LogP contribution in [-0.4, -0.2) is 63.5 Å². The van der Waals surface area contributed by atoms with E-state index in [0.29, 0.717) is 55.2 Å². The van der Waals surface area contributed by atoms with Crippen molar-refractivity contribution in [1.82, 2.24) is 14.8 Å². The standard InChI is InChI=1S/C22H20FN3O3S/c23-16-4-2-1-3-15(16)19-24-17-6-5-14(13-18(17)30-19)20(27)25-9-11-26(12-10-25)21(28)22(29)7-8-22/h1-6,13,29H,7-12H2. The zero-order valence-electron chi connectivity index (χ0n) is 16.2. The van der Waals surface area contributed by atoms with Gasteiger partial charge >= 0.3 is 0 Å². The molecule has 0 bridgehead atoms. The molecule has 154 valence electrons. The largest absolute Gasteiger partial charge is 0.380 e. The van der Waals surface area contributed by atoms with Crippen molar-refractivity contribution < 1.29 is 19.1 Å². The lowest BCUT2D eigenvalue weighted by Crippen LogP contribution is -2.53. The summed E-state index contributed by atoms with van der Waals surface area (Å²) in [5.41, 5.74) is 0.554. The number of rotatable bonds is 3. The van der Waals surface area contributed by atoms with E-state index in [-0.39, 0.29) is 17.6 Å². The second-order valence-electron chi connectivity index (χ2n) is 7.80. The van der Waals surface area contributed by atoms with Gasteiger partial charge in [0, 0.05) is 37.3 Å². The molecule has 1 aliphatic carbocycles. The molecule has 0 spiro atoms. The van der Waals surface area contributed by atoms with Crippen LogP contribution in [0.4, 0.5) is 4.39 Å². The van der Waals surface area contributed by atoms with Crippen molar-refractivity contribution in [2.45, 2.75) is 18.4 Å². The van der Waals surface area contributed by atoms with Crippen molar-refractivity contribution in [1.29, 1.82) is 0 Å². The maximum atomic E-state index is 14.1. The van der Waals surface area contributed by atoms with Crippen LogP contribution >= 0.6 is 11.3 Å². The SMILES string of the molecule is O=C(c1ccc2nc(-c3ccccc3F)sc2c1)N1CCN(C(=O)C2(O)CC2)CC1. The van der Waals surface area contributed by atoms with Crippen LogP contribution in [0, 0.1) is 5.82 Å². The van der Waals surface area contributed by atoms with Crippen molar-refractivity contribution in [3.05, 3.63) is 53.8 Å². The van der Waals surface area contributed by atoms with Gasteiger partial charge in [0.05, 0.1) is 10.2 Å². The molecular weight excluding hydrogens is 405 g/mol. The van der Waals surface area contributed by atoms with Gasteiger partial charge in [0.1, 0.15) is 16.4 Å². The molecule has 2 heterocycles. The molecule has 2 aromatic carbocycles. The van der Waals surface area contributed by atoms with Crippen molar-refractivity contribution in [2.24, 2.45) is 0 Å². The van der Waals surface area contributed by atoms with Gasteiger partial charge in [0.25, 0.3) is 11.8 Å². The van der Waals surface area contributed by atoms with Crippen LogP contribution in [0.2, 0.25) is 0 Å². The predicted octanol–water partition coefficient (Wildman–Crippen LogP) is 2.91. The van der Waals surface area contributed by atoms with Gasteiger partial charge in [0.15, 0.2) is 0 Å². The number of carbonyl (C=O) groups excluding carboxylic acids is 2. The number of carbonyl (C=O) groups is 2. The Hall–Kier alpha value is -2.84. The minimum Gasteiger partial charge on any atom is -0.380 e. The minimum absolute atomic E-state index is 0.102. The third-order valence-electron chi connectivity index (χ3n) is 5.72. The average molecular weight is 425 g/mol. The van der Waals surface area contributed by atoms with Crippen LogP contribution < -0.4 is 0 Å². The number of hydrogen-bond acceptors (Lipinski definition) is 5. The number of halogens is 1. The molecule has 1 saturated carbocycles. The van der Waals surface area contributed by atoms with Gasteiger partial charge < -0.3 is 14.9 Å². The Labute approximate surface area is 176 Å². The molecule has 0 atom stereocenters. The van der Waals surface area contributed by atoms with Crippen LogP contribution in [0.5, 0.6) is 0 Å². The molecule has 1 aromatic heterocycles. The summed E-state index contributed by atoms with van der Waals surface area (Å²) in [6.45, 7) is 1.71. The summed E-state index contributed by atoms with van der Waals surface area (Å²) in [4.78, 5) is 33.1. The van der Waals surface area contributed by atoms with Crippen LogP contribution in [-0.2, 0) is 4.79 Å². The van der Waals surface area contributed by atoms with Crippen LogP contribution in [0.25, 0.3) is 20.8 Å². The molecule has 0 unspecified atom stereocenters. The van der Waals surface area contributed by atoms with Gasteiger partial charge in [-0.15, -0.1) is 11.3 Å². The predicted molar refractivity (Wildman–Crippen MR) is 112 cm³/mol. The van der Waals surface area contributed by atoms with Crippen LogP contribution in [0.1, 0.15) is 23.2 Å². The Kier molecular flexibility index (Phi) is 4.56. The highest BCUT2D eigenvalue weighted by Crippen LogP contribution is 2.37. The summed E-state index contributed by atoms with van der Waals surface area (Å²) in [6, 6.07) is 11.8. The third kappa shape index (κ3) is 3.36. The molecule has 8 heteroatoms. The fraction of sp³-hybridized carbons (Fsp3) is 0.318. The van der Waals surface area contributed by atoms with E-state index in [1.165, 1.54) is 17.4 Å². The number of aliphatic hydroxyl groups is 1. The second-order valence-corrected chi connectivity index (χ2v) is 8.83. The Morgan fingerprint density at radius 3 is 2.43 bits per heavy atom. The van der Waals surface area contributed by atoms with Crippen molar-refractivity contribution in [3.8, 4) is 10.6 Å². The number of piperazine rings is 1. The Balaban J connectivity index is 1.32. The number of amides is 2. The highest BCUT2D eigenvalue weighted by Gasteiger charge is 2.50. The highest BCUT2D eigenvalue weighted by molar-refractivity contribution is 7.21. The van der Waals surface area contributed by atoms with E-state index in [0.717, 1.165) is 10.2 Å². The molecule has 2 amide bonds. The monoisotopic (exact) mass is 425 g/mol. The molecule has 0 radical (unpaired) electrons. The fourth-order valence-corrected chi connectivity index (χ4v) is 4.76. The van der Waals surface area contributed by atoms with E-state index in [2.05, 4.69) is 4.98 Å². The molecule has 30 heavy (non-hydrogen) atoms. The first-order valence-corrected chi connectivity index (χ1v) is 10.7. The number of fused-ring (bicyclic) bond motifs is 1. The normalized spacial score (nSPS) is 17.9. The van der Waals surface area contributed by atoms with E-state index >= 15 is 0 Å². The van der Waals surface area contributed by atoms with E-state index in [1.807, 2.05) is 0 Å². The van der Waals surface area contributed by atoms with E-state index in [1.54, 1.807) is 46.2 Å². The summed E-state index contributed by atoms with van der Waals surface area (Å²) < 4.78 is 14.9. The fourth-order valence-electron chi connectivity index (χ4n) is 3.73. The Morgan fingerprint density at radius 1 is 1.03 bits per heavy atom. The summed E-state index contributed by atoms with van der Waals surface area (Å²) in [5, 5.41) is 10.6. The summed E-state index contributed by atoms with van der Waals surface area (Å²) >= 11 is 1.35. The molecule has 5 rings (SSSR count). The van der Waals surface area contributed by atoms with Gasteiger partial charge in [-0.2, -0.15) is 0 Å². The van der Waals surface area contributed by atoms with Crippen molar-refractivity contribution in [3.63, 3.8) is 0 Å². The first kappa shape index (κ1) is 19.1. The number of nitrogens with zero attached hydrogens (tertiary/aromatic N) is 3. The minimum atomic E-state index is -1.17. The zero-order chi connectivity index (χ0) is 20.9. The maximum absolute atomic E-state index is 14.1. The molecular formula is C22H20FN3O3S. The lowest BCUT2D eigenvalue weighted by Gasteiger charge is -2.35. The molecule has 2 aliphatic rings. The van der Waals surface area contributed by atoms with Crippen molar-refractivity contribution >= 4 is 33.4 Å². The first-order chi connectivity index (χ1) is 14.4. The molecule has 1 aliphatic heterocycles. The number of aromatic nitrogens is 1. The van der Waals surface area contributed by atoms with E-state index < -0.39 is 5.60 Å². The molecule has 6 nitrogen and oxygen atoms in total. The van der Waals surface area contributed by atoms with Gasteiger partial charge in [0.2, 0.25) is 0 Å².